The summed E-state index contributed by atoms with van der Waals surface area (Å²) < 4.78 is 114. The molecule has 0 aromatic rings. The van der Waals surface area contributed by atoms with Crippen molar-refractivity contribution in [2.75, 3.05) is 59.5 Å². The summed E-state index contributed by atoms with van der Waals surface area (Å²) in [6.45, 7) is -2.74. The highest BCUT2D eigenvalue weighted by atomic mass is 16.8. The monoisotopic (exact) mass is 1870 g/mol. The highest BCUT2D eigenvalue weighted by Gasteiger charge is 2.62. The third-order valence-corrected chi connectivity index (χ3v) is 23.2. The second kappa shape index (κ2) is 46.1. The molecule has 0 aromatic heterocycles. The van der Waals surface area contributed by atoms with Crippen molar-refractivity contribution in [1.82, 2.24) is 31.9 Å². The molecule has 0 aliphatic carbocycles. The van der Waals surface area contributed by atoms with Gasteiger partial charge in [-0.1, -0.05) is 0 Å². The van der Waals surface area contributed by atoms with Gasteiger partial charge in [-0.3, -0.25) is 28.8 Å². The van der Waals surface area contributed by atoms with Gasteiger partial charge in [0.05, 0.1) is 65.6 Å². The smallest absolute Gasteiger partial charge is 0.217 e. The van der Waals surface area contributed by atoms with E-state index in [0.717, 1.165) is 41.5 Å². The van der Waals surface area contributed by atoms with Gasteiger partial charge in [0.1, 0.15) is 238 Å². The third kappa shape index (κ3) is 23.9. The quantitative estimate of drug-likeness (QED) is 0.0290. The average Bonchev–Trinajstić information content (AvgIpc) is 0.766. The summed E-state index contributed by atoms with van der Waals surface area (Å²) in [6, 6.07) is -11.0. The number of amides is 6. The Morgan fingerprint density at radius 1 is 0.219 bits per heavy atom. The van der Waals surface area contributed by atoms with Crippen molar-refractivity contribution in [2.45, 2.75) is 355 Å². The van der Waals surface area contributed by atoms with E-state index < -0.39 is 402 Å². The maximum absolute atomic E-state index is 13.4. The fraction of sp³-hybridized carbons (Fsp3) is 0.917. The minimum Gasteiger partial charge on any atom is -0.394 e. The Kier molecular flexibility index (Phi) is 37.8. The fourth-order valence-electron chi connectivity index (χ4n) is 16.5. The molecule has 0 aromatic carbocycles. The third-order valence-electron chi connectivity index (χ3n) is 23.2. The van der Waals surface area contributed by atoms with Crippen LogP contribution in [0.3, 0.4) is 0 Å². The molecule has 56 nitrogen and oxygen atoms in total. The summed E-state index contributed by atoms with van der Waals surface area (Å²) in [5, 5.41) is 297. The lowest BCUT2D eigenvalue weighted by Gasteiger charge is -2.51. The summed E-state index contributed by atoms with van der Waals surface area (Å²) in [5.74, 6) is -5.40. The van der Waals surface area contributed by atoms with Gasteiger partial charge in [-0.2, -0.15) is 0 Å². The molecule has 6 amide bonds. The zero-order valence-electron chi connectivity index (χ0n) is 69.6. The van der Waals surface area contributed by atoms with Crippen molar-refractivity contribution < 1.29 is 246 Å². The summed E-state index contributed by atoms with van der Waals surface area (Å²) >= 11 is 0. The van der Waals surface area contributed by atoms with Crippen LogP contribution in [-0.2, 0) is 119 Å². The minimum atomic E-state index is -2.66. The maximum Gasteiger partial charge on any atom is 0.217 e. The van der Waals surface area contributed by atoms with Gasteiger partial charge in [0.2, 0.25) is 35.4 Å². The molecular formula is C72H120N6O50. The number of carbonyl (C=O) groups excluding carboxylic acids is 6. The van der Waals surface area contributed by atoms with Crippen LogP contribution in [0.25, 0.3) is 0 Å². The molecule has 0 unspecified atom stereocenters. The lowest BCUT2D eigenvalue weighted by molar-refractivity contribution is -0.398. The molecule has 738 valence electrons. The first-order chi connectivity index (χ1) is 60.4. The number of rotatable bonds is 33. The molecule has 10 aliphatic rings. The molecule has 0 saturated carbocycles. The SMILES string of the molecule is CC(=O)N[C@@H]1[C@@H](O)[C@H](O[C@@H]2O[C@H](CO)[C@@H](O[C@@H]3O[C@H](CO[C@H]4O[C@H](CO[C@@H]5O[C@H](CO)[C@@H](O)[C@H](O)[C@H]5NC(C)=O)[C@@H](O)[C@H](O)[C@@H]4O[C@@H]4O[C@H](CO)[C@@H](O)[C@H](O)[C@H]4NC(C)=O)[C@@H](O)[C@H](O[C@H]4O[C@H](CO)[C@@H](O)[C@H](O)[C@@H]4O[C@@H]4O[C@H](CO)[C@@H](O[C@@H]5O[C@H](CO)[C@H](O)[C@H](O)[C@H]5NC(C)=O)[C@H](O)[C@H]4NC(C)=O)[C@@H]3O)[C@H](O)[C@H]2NC(C)=O)[C@@H](CO[C@@H]2O[C@@H](C)[C@@H](O)[C@@H](O)[C@@H]2O)O[C@H]1O. The van der Waals surface area contributed by atoms with Crippen LogP contribution < -0.4 is 31.9 Å². The zero-order valence-corrected chi connectivity index (χ0v) is 69.6. The van der Waals surface area contributed by atoms with Crippen LogP contribution in [0.5, 0.6) is 0 Å². The summed E-state index contributed by atoms with van der Waals surface area (Å²) in [6.07, 6.45) is -91.4. The maximum atomic E-state index is 13.4. The van der Waals surface area contributed by atoms with Crippen LogP contribution >= 0.6 is 0 Å². The van der Waals surface area contributed by atoms with E-state index in [9.17, 15) is 156 Å². The van der Waals surface area contributed by atoms with Crippen LogP contribution in [0.2, 0.25) is 0 Å². The molecule has 31 N–H and O–H groups in total. The molecular weight excluding hydrogens is 1750 g/mol. The first-order valence-corrected chi connectivity index (χ1v) is 41.0. The molecule has 10 saturated heterocycles. The van der Waals surface area contributed by atoms with Crippen molar-refractivity contribution in [2.24, 2.45) is 0 Å². The van der Waals surface area contributed by atoms with Crippen molar-refractivity contribution in [3.05, 3.63) is 0 Å². The van der Waals surface area contributed by atoms with Crippen molar-refractivity contribution in [3.8, 4) is 0 Å². The first-order valence-electron chi connectivity index (χ1n) is 41.0. The second-order valence-electron chi connectivity index (χ2n) is 32.5. The zero-order chi connectivity index (χ0) is 94.4. The van der Waals surface area contributed by atoms with E-state index in [1.54, 1.807) is 0 Å². The Labute approximate surface area is 726 Å². The molecule has 10 rings (SSSR count). The van der Waals surface area contributed by atoms with Crippen LogP contribution in [0.1, 0.15) is 48.5 Å². The number of aliphatic hydroxyl groups excluding tert-OH is 25. The van der Waals surface area contributed by atoms with Crippen molar-refractivity contribution >= 4 is 35.4 Å². The lowest BCUT2D eigenvalue weighted by Crippen LogP contribution is -2.71. The van der Waals surface area contributed by atoms with E-state index in [1.165, 1.54) is 6.92 Å². The van der Waals surface area contributed by atoms with Gasteiger partial charge < -0.3 is 250 Å². The number of carbonyl (C=O) groups is 6. The van der Waals surface area contributed by atoms with Crippen molar-refractivity contribution in [3.63, 3.8) is 0 Å². The summed E-state index contributed by atoms with van der Waals surface area (Å²) in [5.41, 5.74) is 0. The van der Waals surface area contributed by atoms with Crippen LogP contribution in [0.15, 0.2) is 0 Å². The first kappa shape index (κ1) is 105. The number of nitrogens with one attached hydrogen (secondary N) is 6. The van der Waals surface area contributed by atoms with E-state index in [-0.39, 0.29) is 0 Å². The predicted molar refractivity (Wildman–Crippen MR) is 398 cm³/mol. The van der Waals surface area contributed by atoms with Crippen molar-refractivity contribution in [1.29, 1.82) is 0 Å². The van der Waals surface area contributed by atoms with Gasteiger partial charge in [0.25, 0.3) is 0 Å². The van der Waals surface area contributed by atoms with E-state index >= 15 is 0 Å². The standard InChI is InChI=1S/C72H120N6O50/c1-17-39(91)52(104)55(107)69(113-17)111-16-32-59(49(101)33(63(109)114-32)73-18(2)85)124-67-37(77-22(6)89)51(103)58(29(13-84)119-67)125-70-56(108)60(126-72-62(53(105)43(95)27(11-82)118-72)128-68-38(78-23(7)90)50(102)57(28(12-83)120-68)123-65-35(75-20(4)87)47(99)41(93)25(9-80)116-65)45(97)31(121-70)15-112-71-61(127-66-36(76-21(5)88)48(100)42(94)26(10-81)117-66)54(106)44(96)30(122-71)14-110-64-34(74-19(3)86)46(98)40(92)24(8-79)115-64/h17,24-72,79-84,91-109H,8-16H2,1-7H3,(H,73,85)(H,74,86)(H,75,87)(H,76,88)(H,77,89)(H,78,90)/t17-,24+,25+,26+,27+,28+,29+,30+,31+,32+,33+,34+,35+,36+,37+,38+,39+,40+,41-,42+,43+,44+,45+,46+,47+,48+,49+,50+,51+,52+,53-,54-,55-,56-,57+,58+,59+,60-,61-,62-,63+,64+,65-,66-,67-,68-,69+,70-,71-,72+/m0/s1. The molecule has 0 radical (unpaired) electrons. The van der Waals surface area contributed by atoms with Gasteiger partial charge in [0.15, 0.2) is 62.9 Å². The van der Waals surface area contributed by atoms with Crippen LogP contribution in [0.4, 0.5) is 0 Å². The van der Waals surface area contributed by atoms with E-state index in [2.05, 4.69) is 31.9 Å². The molecule has 0 bridgehead atoms. The Morgan fingerprint density at radius 3 is 0.906 bits per heavy atom. The fourth-order valence-corrected chi connectivity index (χ4v) is 16.5. The molecule has 10 heterocycles. The largest absolute Gasteiger partial charge is 0.394 e. The summed E-state index contributed by atoms with van der Waals surface area (Å²) in [7, 11) is 0. The number of aliphatic hydroxyl groups is 25. The van der Waals surface area contributed by atoms with Gasteiger partial charge >= 0.3 is 0 Å². The highest BCUT2D eigenvalue weighted by molar-refractivity contribution is 5.75. The number of hydrogen-bond donors (Lipinski definition) is 31. The highest BCUT2D eigenvalue weighted by Crippen LogP contribution is 2.41. The Hall–Kier alpha value is -4.94. The number of hydrogen-bond acceptors (Lipinski definition) is 50. The predicted octanol–water partition coefficient (Wildman–Crippen LogP) is -20.9. The van der Waals surface area contributed by atoms with Gasteiger partial charge in [-0.05, 0) is 6.92 Å². The van der Waals surface area contributed by atoms with E-state index in [4.69, 9.17) is 90.0 Å². The van der Waals surface area contributed by atoms with Gasteiger partial charge in [0, 0.05) is 41.5 Å². The lowest BCUT2D eigenvalue weighted by atomic mass is 9.93. The molecule has 10 aliphatic heterocycles. The Balaban J connectivity index is 1.02. The molecule has 50 atom stereocenters. The minimum absolute atomic E-state index is 0.817. The molecule has 56 heteroatoms. The molecule has 10 fully saturated rings. The average molecular weight is 1870 g/mol. The topological polar surface area (TPSA) is 856 Å². The van der Waals surface area contributed by atoms with Crippen LogP contribution in [-0.4, -0.2) is 529 Å². The van der Waals surface area contributed by atoms with Crippen LogP contribution in [0, 0.1) is 0 Å². The molecule has 128 heavy (non-hydrogen) atoms. The Bertz CT molecular complexity index is 3550. The second-order valence-corrected chi connectivity index (χ2v) is 32.5. The summed E-state index contributed by atoms with van der Waals surface area (Å²) in [4.78, 5) is 76.6. The van der Waals surface area contributed by atoms with E-state index in [1.807, 2.05) is 0 Å². The number of ether oxygens (including phenoxy) is 19. The van der Waals surface area contributed by atoms with E-state index in [0.29, 0.717) is 0 Å². The Morgan fingerprint density at radius 2 is 0.492 bits per heavy atom. The normalized spacial score (nSPS) is 47.8. The van der Waals surface area contributed by atoms with Gasteiger partial charge in [-0.25, -0.2) is 0 Å². The molecule has 0 spiro atoms. The van der Waals surface area contributed by atoms with Gasteiger partial charge in [-0.15, -0.1) is 0 Å².